The molecule has 0 aliphatic rings. The van der Waals surface area contributed by atoms with E-state index < -0.39 is 0 Å². The summed E-state index contributed by atoms with van der Waals surface area (Å²) in [6.45, 7) is 2.68. The number of rotatable bonds is 4. The van der Waals surface area contributed by atoms with Gasteiger partial charge in [-0.15, -0.1) is 0 Å². The maximum atomic E-state index is 11.0. The topological polar surface area (TPSA) is 52.3 Å². The van der Waals surface area contributed by atoms with Crippen molar-refractivity contribution in [3.8, 4) is 0 Å². The van der Waals surface area contributed by atoms with Gasteiger partial charge in [-0.05, 0) is 12.5 Å². The summed E-state index contributed by atoms with van der Waals surface area (Å²) in [5.41, 5.74) is 7.40. The molecule has 0 unspecified atom stereocenters. The number of hydrogen-bond donors (Lipinski definition) is 1. The number of carbonyl (C=O) groups excluding carboxylic acids is 1. The Kier molecular flexibility index (Phi) is 4.13. The van der Waals surface area contributed by atoms with Gasteiger partial charge in [-0.1, -0.05) is 29.8 Å². The van der Waals surface area contributed by atoms with Crippen molar-refractivity contribution in [2.24, 2.45) is 5.73 Å². The van der Waals surface area contributed by atoms with Crippen molar-refractivity contribution in [3.05, 3.63) is 35.4 Å². The SMILES string of the molecule is Cc1cccc(COC(=O)CCN)c1. The van der Waals surface area contributed by atoms with Gasteiger partial charge in [0.25, 0.3) is 0 Å². The molecule has 2 N–H and O–H groups in total. The van der Waals surface area contributed by atoms with Gasteiger partial charge in [0.1, 0.15) is 6.61 Å². The maximum absolute atomic E-state index is 11.0. The lowest BCUT2D eigenvalue weighted by atomic mass is 10.1. The Balaban J connectivity index is 2.41. The third-order valence-electron chi connectivity index (χ3n) is 1.83. The highest BCUT2D eigenvalue weighted by molar-refractivity contribution is 5.69. The molecule has 0 aliphatic heterocycles. The van der Waals surface area contributed by atoms with Crippen LogP contribution in [0.4, 0.5) is 0 Å². The maximum Gasteiger partial charge on any atom is 0.307 e. The molecule has 0 bridgehead atoms. The van der Waals surface area contributed by atoms with Gasteiger partial charge in [0.05, 0.1) is 6.42 Å². The highest BCUT2D eigenvalue weighted by Crippen LogP contribution is 2.05. The monoisotopic (exact) mass is 193 g/mol. The number of hydrogen-bond acceptors (Lipinski definition) is 3. The Morgan fingerprint density at radius 1 is 1.50 bits per heavy atom. The Bertz CT molecular complexity index is 310. The summed E-state index contributed by atoms with van der Waals surface area (Å²) in [6, 6.07) is 7.88. The van der Waals surface area contributed by atoms with Crippen LogP contribution in [0.5, 0.6) is 0 Å². The molecule has 0 saturated heterocycles. The fourth-order valence-corrected chi connectivity index (χ4v) is 1.16. The first kappa shape index (κ1) is 10.7. The summed E-state index contributed by atoms with van der Waals surface area (Å²) in [5.74, 6) is -0.242. The fraction of sp³-hybridized carbons (Fsp3) is 0.364. The fourth-order valence-electron chi connectivity index (χ4n) is 1.16. The summed E-state index contributed by atoms with van der Waals surface area (Å²) in [4.78, 5) is 11.0. The van der Waals surface area contributed by atoms with Crippen molar-refractivity contribution in [2.45, 2.75) is 20.0 Å². The first-order chi connectivity index (χ1) is 6.72. The van der Waals surface area contributed by atoms with Gasteiger partial charge in [0.2, 0.25) is 0 Å². The Hall–Kier alpha value is -1.35. The number of ether oxygens (including phenoxy) is 1. The minimum Gasteiger partial charge on any atom is -0.461 e. The van der Waals surface area contributed by atoms with Crippen LogP contribution in [0, 0.1) is 6.92 Å². The average molecular weight is 193 g/mol. The Morgan fingerprint density at radius 3 is 2.93 bits per heavy atom. The minimum absolute atomic E-state index is 0.242. The van der Waals surface area contributed by atoms with Crippen LogP contribution >= 0.6 is 0 Å². The highest BCUT2D eigenvalue weighted by Gasteiger charge is 2.01. The van der Waals surface area contributed by atoms with E-state index in [9.17, 15) is 4.79 Å². The third-order valence-corrected chi connectivity index (χ3v) is 1.83. The highest BCUT2D eigenvalue weighted by atomic mass is 16.5. The number of aryl methyl sites for hydroxylation is 1. The predicted molar refractivity (Wildman–Crippen MR) is 54.6 cm³/mol. The third kappa shape index (κ3) is 3.58. The van der Waals surface area contributed by atoms with E-state index in [2.05, 4.69) is 0 Å². The molecule has 1 aromatic rings. The number of esters is 1. The van der Waals surface area contributed by atoms with Gasteiger partial charge in [0, 0.05) is 6.54 Å². The second-order valence-electron chi connectivity index (χ2n) is 3.19. The second kappa shape index (κ2) is 5.40. The summed E-state index contributed by atoms with van der Waals surface area (Å²) < 4.78 is 5.00. The number of nitrogens with two attached hydrogens (primary N) is 1. The zero-order chi connectivity index (χ0) is 10.4. The van der Waals surface area contributed by atoms with E-state index >= 15 is 0 Å². The summed E-state index contributed by atoms with van der Waals surface area (Å²) in [5, 5.41) is 0. The van der Waals surface area contributed by atoms with Crippen molar-refractivity contribution in [1.29, 1.82) is 0 Å². The molecule has 3 nitrogen and oxygen atoms in total. The van der Waals surface area contributed by atoms with Gasteiger partial charge in [0.15, 0.2) is 0 Å². The van der Waals surface area contributed by atoms with E-state index in [-0.39, 0.29) is 12.4 Å². The molecule has 0 saturated carbocycles. The second-order valence-corrected chi connectivity index (χ2v) is 3.19. The molecular weight excluding hydrogens is 178 g/mol. The molecule has 0 radical (unpaired) electrons. The molecule has 0 fully saturated rings. The van der Waals surface area contributed by atoms with Crippen LogP contribution in [0.3, 0.4) is 0 Å². The predicted octanol–water partition coefficient (Wildman–Crippen LogP) is 1.39. The van der Waals surface area contributed by atoms with Crippen molar-refractivity contribution in [2.75, 3.05) is 6.54 Å². The van der Waals surface area contributed by atoms with Crippen molar-refractivity contribution in [1.82, 2.24) is 0 Å². The summed E-state index contributed by atoms with van der Waals surface area (Å²) in [7, 11) is 0. The molecule has 0 aromatic heterocycles. The van der Waals surface area contributed by atoms with E-state index in [0.717, 1.165) is 11.1 Å². The molecule has 1 aromatic carbocycles. The van der Waals surface area contributed by atoms with E-state index in [1.807, 2.05) is 31.2 Å². The summed E-state index contributed by atoms with van der Waals surface area (Å²) >= 11 is 0. The number of benzene rings is 1. The normalized spacial score (nSPS) is 9.86. The van der Waals surface area contributed by atoms with Crippen LogP contribution in [0.25, 0.3) is 0 Å². The Morgan fingerprint density at radius 2 is 2.29 bits per heavy atom. The van der Waals surface area contributed by atoms with Gasteiger partial charge >= 0.3 is 5.97 Å². The minimum atomic E-state index is -0.242. The lowest BCUT2D eigenvalue weighted by Crippen LogP contribution is -2.10. The lowest BCUT2D eigenvalue weighted by molar-refractivity contribution is -0.144. The molecular formula is C11H15NO2. The Labute approximate surface area is 83.9 Å². The van der Waals surface area contributed by atoms with Gasteiger partial charge in [-0.3, -0.25) is 4.79 Å². The zero-order valence-electron chi connectivity index (χ0n) is 8.32. The van der Waals surface area contributed by atoms with E-state index in [1.54, 1.807) is 0 Å². The molecule has 1 rings (SSSR count). The lowest BCUT2D eigenvalue weighted by Gasteiger charge is -2.04. The van der Waals surface area contributed by atoms with Gasteiger partial charge in [-0.25, -0.2) is 0 Å². The molecule has 0 atom stereocenters. The van der Waals surface area contributed by atoms with Gasteiger partial charge in [-0.2, -0.15) is 0 Å². The number of carbonyl (C=O) groups is 1. The molecule has 14 heavy (non-hydrogen) atoms. The largest absolute Gasteiger partial charge is 0.461 e. The first-order valence-corrected chi connectivity index (χ1v) is 4.63. The molecule has 0 aliphatic carbocycles. The van der Waals surface area contributed by atoms with Crippen LogP contribution in [0.2, 0.25) is 0 Å². The molecule has 0 amide bonds. The molecule has 3 heteroatoms. The summed E-state index contributed by atoms with van der Waals surface area (Å²) in [6.07, 6.45) is 0.284. The molecule has 76 valence electrons. The van der Waals surface area contributed by atoms with E-state index in [4.69, 9.17) is 10.5 Å². The van der Waals surface area contributed by atoms with Gasteiger partial charge < -0.3 is 10.5 Å². The molecule has 0 spiro atoms. The quantitative estimate of drug-likeness (QED) is 0.735. The van der Waals surface area contributed by atoms with E-state index in [1.165, 1.54) is 0 Å². The first-order valence-electron chi connectivity index (χ1n) is 4.63. The zero-order valence-corrected chi connectivity index (χ0v) is 8.32. The van der Waals surface area contributed by atoms with Crippen LogP contribution in [-0.4, -0.2) is 12.5 Å². The van der Waals surface area contributed by atoms with Crippen molar-refractivity contribution >= 4 is 5.97 Å². The van der Waals surface area contributed by atoms with Crippen LogP contribution in [0.15, 0.2) is 24.3 Å². The van der Waals surface area contributed by atoms with Crippen LogP contribution in [0.1, 0.15) is 17.5 Å². The average Bonchev–Trinajstić information content (AvgIpc) is 2.15. The smallest absolute Gasteiger partial charge is 0.307 e. The standard InChI is InChI=1S/C11H15NO2/c1-9-3-2-4-10(7-9)8-14-11(13)5-6-12/h2-4,7H,5-6,8,12H2,1H3. The van der Waals surface area contributed by atoms with Crippen molar-refractivity contribution in [3.63, 3.8) is 0 Å². The van der Waals surface area contributed by atoms with Crippen LogP contribution < -0.4 is 5.73 Å². The van der Waals surface area contributed by atoms with Crippen LogP contribution in [-0.2, 0) is 16.1 Å². The van der Waals surface area contributed by atoms with E-state index in [0.29, 0.717) is 13.2 Å². The van der Waals surface area contributed by atoms with Crippen molar-refractivity contribution < 1.29 is 9.53 Å². The molecule has 0 heterocycles.